The molecule has 0 aliphatic carbocycles. The SMILES string of the molecule is Cc1ccc(/C=C\CCP(OS(=O)(=O)C(F)(F)F)(c2ccccc2)(c2ccccc2)c2ccccc2)cc1. The second-order valence-electron chi connectivity index (χ2n) is 9.02. The van der Waals surface area contributed by atoms with Gasteiger partial charge in [0, 0.05) is 0 Å². The molecule has 0 aliphatic heterocycles. The van der Waals surface area contributed by atoms with E-state index < -0.39 is 22.5 Å². The van der Waals surface area contributed by atoms with Crippen LogP contribution in [0, 0.1) is 6.92 Å². The van der Waals surface area contributed by atoms with Crippen LogP contribution in [0.3, 0.4) is 0 Å². The van der Waals surface area contributed by atoms with Crippen molar-refractivity contribution in [3.8, 4) is 0 Å². The molecule has 0 radical (unpaired) electrons. The summed E-state index contributed by atoms with van der Waals surface area (Å²) in [7, 11) is -6.02. The molecule has 0 aromatic heterocycles. The molecular weight excluding hydrogens is 528 g/mol. The van der Waals surface area contributed by atoms with Crippen LogP contribution < -0.4 is 15.9 Å². The Morgan fingerprint density at radius 2 is 1.13 bits per heavy atom. The molecular formula is C30H28F3O3PS. The van der Waals surface area contributed by atoms with E-state index in [1.165, 1.54) is 0 Å². The summed E-state index contributed by atoms with van der Waals surface area (Å²) in [5.41, 5.74) is -3.57. The third-order valence-corrected chi connectivity index (χ3v) is 14.5. The third kappa shape index (κ3) is 5.19. The summed E-state index contributed by atoms with van der Waals surface area (Å²) in [6, 6.07) is 33.1. The van der Waals surface area contributed by atoms with E-state index in [0.717, 1.165) is 11.1 Å². The van der Waals surface area contributed by atoms with Crippen molar-refractivity contribution >= 4 is 38.9 Å². The van der Waals surface area contributed by atoms with Gasteiger partial charge in [0.25, 0.3) is 0 Å². The van der Waals surface area contributed by atoms with Gasteiger partial charge in [-0.3, -0.25) is 0 Å². The van der Waals surface area contributed by atoms with Gasteiger partial charge in [0.15, 0.2) is 0 Å². The van der Waals surface area contributed by atoms with Crippen molar-refractivity contribution in [2.24, 2.45) is 0 Å². The van der Waals surface area contributed by atoms with Gasteiger partial charge in [0.1, 0.15) is 0 Å². The second kappa shape index (κ2) is 10.9. The van der Waals surface area contributed by atoms with E-state index in [4.69, 9.17) is 3.97 Å². The maximum absolute atomic E-state index is 14.0. The Hall–Kier alpha value is -3.25. The van der Waals surface area contributed by atoms with Crippen LogP contribution in [-0.4, -0.2) is 20.1 Å². The second-order valence-corrected chi connectivity index (χ2v) is 15.4. The maximum atomic E-state index is 14.0. The molecule has 4 aromatic carbocycles. The fraction of sp³-hybridized carbons (Fsp3) is 0.133. The summed E-state index contributed by atoms with van der Waals surface area (Å²) >= 11 is 0. The molecule has 198 valence electrons. The number of halogens is 3. The van der Waals surface area contributed by atoms with Gasteiger partial charge in [-0.15, -0.1) is 0 Å². The Bertz CT molecular complexity index is 1390. The van der Waals surface area contributed by atoms with E-state index in [2.05, 4.69) is 0 Å². The molecule has 0 aliphatic rings. The number of rotatable bonds is 9. The summed E-state index contributed by atoms with van der Waals surface area (Å²) in [6.45, 7) is -2.78. The molecule has 4 aromatic rings. The Balaban J connectivity index is 2.02. The fourth-order valence-corrected chi connectivity index (χ4v) is 12.8. The van der Waals surface area contributed by atoms with Crippen molar-refractivity contribution in [2.75, 3.05) is 6.16 Å². The van der Waals surface area contributed by atoms with Crippen molar-refractivity contribution in [2.45, 2.75) is 18.9 Å². The first-order chi connectivity index (χ1) is 18.1. The zero-order valence-corrected chi connectivity index (χ0v) is 22.5. The zero-order valence-electron chi connectivity index (χ0n) is 20.8. The summed E-state index contributed by atoms with van der Waals surface area (Å²) in [5.74, 6) is 0. The molecule has 38 heavy (non-hydrogen) atoms. The predicted molar refractivity (Wildman–Crippen MR) is 151 cm³/mol. The molecule has 0 N–H and O–H groups in total. The standard InChI is InChI=1S/C30H28F3O3PS/c1-25-20-22-26(23-21-25)13-11-12-24-37(27-14-5-2-6-15-27,28-16-7-3-8-17-28,29-18-9-4-10-19-29)36-38(34,35)30(31,32)33/h2-11,13-23H,12,24H2,1H3/b13-11-. The number of benzene rings is 4. The monoisotopic (exact) mass is 556 g/mol. The average Bonchev–Trinajstić information content (AvgIpc) is 2.92. The molecule has 0 saturated carbocycles. The summed E-state index contributed by atoms with van der Waals surface area (Å²) in [6.07, 6.45) is 3.99. The Morgan fingerprint density at radius 1 is 0.711 bits per heavy atom. The van der Waals surface area contributed by atoms with Gasteiger partial charge in [-0.1, -0.05) is 0 Å². The first-order valence-electron chi connectivity index (χ1n) is 12.0. The van der Waals surface area contributed by atoms with E-state index in [1.807, 2.05) is 43.3 Å². The summed E-state index contributed by atoms with van der Waals surface area (Å²) < 4.78 is 73.7. The van der Waals surface area contributed by atoms with Gasteiger partial charge in [0.05, 0.1) is 0 Å². The zero-order chi connectivity index (χ0) is 27.3. The van der Waals surface area contributed by atoms with Crippen LogP contribution in [0.1, 0.15) is 17.5 Å². The average molecular weight is 557 g/mol. The van der Waals surface area contributed by atoms with Crippen LogP contribution >= 0.6 is 6.83 Å². The summed E-state index contributed by atoms with van der Waals surface area (Å²) in [5, 5.41) is 1.19. The van der Waals surface area contributed by atoms with E-state index in [1.54, 1.807) is 91.0 Å². The van der Waals surface area contributed by atoms with Crippen LogP contribution in [0.2, 0.25) is 0 Å². The molecule has 0 fully saturated rings. The molecule has 0 spiro atoms. The van der Waals surface area contributed by atoms with Crippen molar-refractivity contribution in [3.63, 3.8) is 0 Å². The van der Waals surface area contributed by atoms with E-state index >= 15 is 0 Å². The van der Waals surface area contributed by atoms with Gasteiger partial charge in [0.2, 0.25) is 0 Å². The van der Waals surface area contributed by atoms with Crippen molar-refractivity contribution in [1.29, 1.82) is 0 Å². The first kappa shape index (κ1) is 27.8. The van der Waals surface area contributed by atoms with Crippen LogP contribution in [-0.2, 0) is 14.1 Å². The molecule has 0 bridgehead atoms. The molecule has 0 heterocycles. The van der Waals surface area contributed by atoms with Crippen molar-refractivity contribution in [3.05, 3.63) is 132 Å². The third-order valence-electron chi connectivity index (χ3n) is 6.56. The normalized spacial score (nSPS) is 13.7. The van der Waals surface area contributed by atoms with E-state index in [-0.39, 0.29) is 12.6 Å². The summed E-state index contributed by atoms with van der Waals surface area (Å²) in [4.78, 5) is 0. The van der Waals surface area contributed by atoms with Gasteiger partial charge in [-0.05, 0) is 0 Å². The van der Waals surface area contributed by atoms with Gasteiger partial charge >= 0.3 is 222 Å². The topological polar surface area (TPSA) is 43.4 Å². The van der Waals surface area contributed by atoms with Crippen LogP contribution in [0.5, 0.6) is 0 Å². The molecule has 0 amide bonds. The Morgan fingerprint density at radius 3 is 1.53 bits per heavy atom. The Kier molecular flexibility index (Phi) is 7.93. The van der Waals surface area contributed by atoms with E-state index in [0.29, 0.717) is 15.9 Å². The molecule has 4 rings (SSSR count). The minimum atomic E-state index is -6.02. The molecule has 0 saturated heterocycles. The Labute approximate surface area is 221 Å². The predicted octanol–water partition coefficient (Wildman–Crippen LogP) is 6.71. The molecule has 0 atom stereocenters. The molecule has 8 heteroatoms. The number of aryl methyl sites for hydroxylation is 1. The van der Waals surface area contributed by atoms with Gasteiger partial charge in [-0.2, -0.15) is 0 Å². The minimum absolute atomic E-state index is 0.00130. The van der Waals surface area contributed by atoms with Crippen LogP contribution in [0.15, 0.2) is 121 Å². The molecule has 3 nitrogen and oxygen atoms in total. The van der Waals surface area contributed by atoms with Gasteiger partial charge < -0.3 is 0 Å². The quantitative estimate of drug-likeness (QED) is 0.170. The van der Waals surface area contributed by atoms with E-state index in [9.17, 15) is 21.6 Å². The van der Waals surface area contributed by atoms with Crippen LogP contribution in [0.25, 0.3) is 6.08 Å². The van der Waals surface area contributed by atoms with Crippen molar-refractivity contribution in [1.82, 2.24) is 0 Å². The number of hydrogen-bond donors (Lipinski definition) is 0. The number of allylic oxidation sites excluding steroid dienone is 1. The van der Waals surface area contributed by atoms with Gasteiger partial charge in [-0.25, -0.2) is 0 Å². The first-order valence-corrected chi connectivity index (χ1v) is 15.8. The van der Waals surface area contributed by atoms with Crippen LogP contribution in [0.4, 0.5) is 13.2 Å². The number of hydrogen-bond acceptors (Lipinski definition) is 3. The van der Waals surface area contributed by atoms with Crippen molar-refractivity contribution < 1.29 is 25.6 Å². The fourth-order valence-electron chi connectivity index (χ4n) is 4.71. The molecule has 0 unspecified atom stereocenters. The number of alkyl halides is 3.